The van der Waals surface area contributed by atoms with Gasteiger partial charge in [-0.05, 0) is 30.8 Å². The second kappa shape index (κ2) is 6.68. The summed E-state index contributed by atoms with van der Waals surface area (Å²) >= 11 is 0. The van der Waals surface area contributed by atoms with Crippen LogP contribution < -0.4 is 0 Å². The summed E-state index contributed by atoms with van der Waals surface area (Å²) < 4.78 is 10.4. The number of rotatable bonds is 1. The van der Waals surface area contributed by atoms with Gasteiger partial charge in [0.25, 0.3) is 9.04 Å². The lowest BCUT2D eigenvalue weighted by Gasteiger charge is -2.36. The predicted octanol–water partition coefficient (Wildman–Crippen LogP) is 4.83. The molecule has 0 atom stereocenters. The third-order valence-corrected chi connectivity index (χ3v) is 5.98. The van der Waals surface area contributed by atoms with E-state index < -0.39 is 26.8 Å². The van der Waals surface area contributed by atoms with E-state index in [1.165, 1.54) is 0 Å². The van der Waals surface area contributed by atoms with E-state index in [1.807, 2.05) is 41.5 Å². The van der Waals surface area contributed by atoms with Gasteiger partial charge in [0, 0.05) is 0 Å². The summed E-state index contributed by atoms with van der Waals surface area (Å²) in [7, 11) is -1.93. The smallest absolute Gasteiger partial charge is 0.453 e. The highest BCUT2D eigenvalue weighted by molar-refractivity contribution is 6.60. The molecule has 0 unspecified atom stereocenters. The Bertz CT molecular complexity index is 400. The Hall–Kier alpha value is -1.24. The van der Waals surface area contributed by atoms with Crippen LogP contribution in [0.4, 0.5) is 9.59 Å². The minimum absolute atomic E-state index is 0.116. The van der Waals surface area contributed by atoms with E-state index in [0.717, 1.165) is 0 Å². The van der Waals surface area contributed by atoms with Crippen LogP contribution in [0.25, 0.3) is 0 Å². The van der Waals surface area contributed by atoms with Gasteiger partial charge >= 0.3 is 12.2 Å². The lowest BCUT2D eigenvalue weighted by molar-refractivity contribution is 0.0588. The Labute approximate surface area is 129 Å². The molecular formula is C14H28N2O4Si. The van der Waals surface area contributed by atoms with Gasteiger partial charge in [-0.1, -0.05) is 51.8 Å². The molecule has 0 aromatic carbocycles. The van der Waals surface area contributed by atoms with E-state index in [1.54, 1.807) is 20.8 Å². The van der Waals surface area contributed by atoms with Crippen molar-refractivity contribution in [3.63, 3.8) is 0 Å². The van der Waals surface area contributed by atoms with E-state index in [0.29, 0.717) is 0 Å². The summed E-state index contributed by atoms with van der Waals surface area (Å²) in [4.78, 5) is 23.1. The number of azo groups is 1. The SMILES string of the molecule is CC(C)(C)OC(=O)N=NC(=O)O[SiH](C(C)(C)C)C(C)(C)C. The zero-order valence-electron chi connectivity index (χ0n) is 14.6. The molecule has 0 fully saturated rings. The third kappa shape index (κ3) is 8.59. The van der Waals surface area contributed by atoms with Crippen molar-refractivity contribution in [2.45, 2.75) is 78.0 Å². The maximum atomic E-state index is 11.8. The average molecular weight is 316 g/mol. The molecule has 0 radical (unpaired) electrons. The van der Waals surface area contributed by atoms with Crippen molar-refractivity contribution in [1.29, 1.82) is 0 Å². The molecule has 0 aliphatic rings. The number of ether oxygens (including phenoxy) is 1. The molecule has 0 aliphatic carbocycles. The van der Waals surface area contributed by atoms with Gasteiger partial charge in [-0.3, -0.25) is 0 Å². The maximum absolute atomic E-state index is 11.8. The van der Waals surface area contributed by atoms with Crippen molar-refractivity contribution in [1.82, 2.24) is 0 Å². The number of carbonyl (C=O) groups excluding carboxylic acids is 2. The van der Waals surface area contributed by atoms with E-state index in [2.05, 4.69) is 10.2 Å². The number of hydrogen-bond donors (Lipinski definition) is 0. The van der Waals surface area contributed by atoms with Crippen LogP contribution in [0, 0.1) is 0 Å². The topological polar surface area (TPSA) is 77.3 Å². The van der Waals surface area contributed by atoms with Gasteiger partial charge in [0.05, 0.1) is 0 Å². The summed E-state index contributed by atoms with van der Waals surface area (Å²) in [6.07, 6.45) is -1.73. The summed E-state index contributed by atoms with van der Waals surface area (Å²) in [5.74, 6) is 0. The number of nitrogens with zero attached hydrogens (tertiary/aromatic N) is 2. The first-order valence-corrected chi connectivity index (χ1v) is 8.61. The van der Waals surface area contributed by atoms with Crippen molar-refractivity contribution in [2.24, 2.45) is 10.2 Å². The standard InChI is InChI=1S/C14H28N2O4Si/c1-12(2,3)19-10(17)15-16-11(18)20-21(13(4,5)6)14(7,8)9/h21H,1-9H3. The zero-order chi connectivity index (χ0) is 17.1. The van der Waals surface area contributed by atoms with E-state index in [4.69, 9.17) is 9.16 Å². The molecule has 0 saturated heterocycles. The van der Waals surface area contributed by atoms with Crippen LogP contribution in [0.15, 0.2) is 10.2 Å². The maximum Gasteiger partial charge on any atom is 0.453 e. The highest BCUT2D eigenvalue weighted by atomic mass is 28.3. The van der Waals surface area contributed by atoms with Gasteiger partial charge in [-0.15, -0.1) is 0 Å². The van der Waals surface area contributed by atoms with Gasteiger partial charge in [0.1, 0.15) is 5.60 Å². The van der Waals surface area contributed by atoms with Gasteiger partial charge in [0.2, 0.25) is 0 Å². The lowest BCUT2D eigenvalue weighted by Crippen LogP contribution is -2.39. The Kier molecular flexibility index (Phi) is 6.28. The molecule has 0 aromatic heterocycles. The summed E-state index contributed by atoms with van der Waals surface area (Å²) in [5.41, 5.74) is -0.673. The van der Waals surface area contributed by atoms with Crippen molar-refractivity contribution in [3.8, 4) is 0 Å². The lowest BCUT2D eigenvalue weighted by atomic mass is 10.2. The van der Waals surface area contributed by atoms with Gasteiger partial charge in [-0.2, -0.15) is 0 Å². The number of amides is 2. The van der Waals surface area contributed by atoms with Crippen LogP contribution in [-0.2, 0) is 9.16 Å². The second-order valence-corrected chi connectivity index (χ2v) is 12.6. The van der Waals surface area contributed by atoms with Crippen molar-refractivity contribution >= 4 is 21.2 Å². The van der Waals surface area contributed by atoms with Crippen LogP contribution in [-0.4, -0.2) is 26.8 Å². The fourth-order valence-electron chi connectivity index (χ4n) is 2.14. The number of hydrogen-bond acceptors (Lipinski definition) is 4. The fourth-order valence-corrected chi connectivity index (χ4v) is 5.69. The van der Waals surface area contributed by atoms with Crippen LogP contribution >= 0.6 is 0 Å². The summed E-state index contributed by atoms with van der Waals surface area (Å²) in [6.45, 7) is 17.3. The molecule has 7 heteroatoms. The molecule has 0 N–H and O–H groups in total. The van der Waals surface area contributed by atoms with Gasteiger partial charge in [-0.25, -0.2) is 9.59 Å². The fraction of sp³-hybridized carbons (Fsp3) is 0.857. The Balaban J connectivity index is 4.78. The quantitative estimate of drug-likeness (QED) is 0.512. The molecule has 0 saturated carbocycles. The van der Waals surface area contributed by atoms with Gasteiger partial charge in [0.15, 0.2) is 0 Å². The Morgan fingerprint density at radius 2 is 1.14 bits per heavy atom. The molecular weight excluding hydrogens is 288 g/mol. The normalized spacial score (nSPS) is 13.6. The first-order chi connectivity index (χ1) is 9.13. The highest BCUT2D eigenvalue weighted by Gasteiger charge is 2.41. The van der Waals surface area contributed by atoms with Crippen LogP contribution in [0.2, 0.25) is 10.1 Å². The van der Waals surface area contributed by atoms with Crippen molar-refractivity contribution in [3.05, 3.63) is 0 Å². The van der Waals surface area contributed by atoms with Crippen LogP contribution in [0.5, 0.6) is 0 Å². The first kappa shape index (κ1) is 19.8. The van der Waals surface area contributed by atoms with Crippen LogP contribution in [0.3, 0.4) is 0 Å². The minimum atomic E-state index is -1.93. The molecule has 0 bridgehead atoms. The largest absolute Gasteiger partial charge is 0.503 e. The number of carbonyl (C=O) groups is 2. The first-order valence-electron chi connectivity index (χ1n) is 6.98. The van der Waals surface area contributed by atoms with E-state index in [-0.39, 0.29) is 10.1 Å². The van der Waals surface area contributed by atoms with E-state index >= 15 is 0 Å². The Morgan fingerprint density at radius 3 is 1.48 bits per heavy atom. The molecule has 6 nitrogen and oxygen atoms in total. The average Bonchev–Trinajstić information content (AvgIpc) is 2.17. The molecule has 2 amide bonds. The molecule has 0 heterocycles. The molecule has 21 heavy (non-hydrogen) atoms. The highest BCUT2D eigenvalue weighted by Crippen LogP contribution is 2.42. The zero-order valence-corrected chi connectivity index (χ0v) is 15.8. The third-order valence-electron chi connectivity index (χ3n) is 2.40. The van der Waals surface area contributed by atoms with Crippen molar-refractivity contribution < 1.29 is 18.8 Å². The summed E-state index contributed by atoms with van der Waals surface area (Å²) in [6, 6.07) is 0. The van der Waals surface area contributed by atoms with Gasteiger partial charge < -0.3 is 9.16 Å². The molecule has 0 rings (SSSR count). The van der Waals surface area contributed by atoms with Crippen LogP contribution in [0.1, 0.15) is 62.3 Å². The second-order valence-electron chi connectivity index (χ2n) is 8.18. The van der Waals surface area contributed by atoms with E-state index in [9.17, 15) is 9.59 Å². The molecule has 0 spiro atoms. The molecule has 122 valence electrons. The van der Waals surface area contributed by atoms with Crippen molar-refractivity contribution in [2.75, 3.05) is 0 Å². The Morgan fingerprint density at radius 1 is 0.762 bits per heavy atom. The minimum Gasteiger partial charge on any atom is -0.503 e. The molecule has 0 aliphatic heterocycles. The monoisotopic (exact) mass is 316 g/mol. The summed E-state index contributed by atoms with van der Waals surface area (Å²) in [5, 5.41) is 6.31. The molecule has 0 aromatic rings. The predicted molar refractivity (Wildman–Crippen MR) is 84.2 cm³/mol.